The molecule has 3 aromatic rings. The first-order chi connectivity index (χ1) is 14.1. The monoisotopic (exact) mass is 388 g/mol. The zero-order chi connectivity index (χ0) is 20.2. The number of carbonyl (C=O) groups is 2. The van der Waals surface area contributed by atoms with Gasteiger partial charge in [-0.2, -0.15) is 5.10 Å². The maximum Gasteiger partial charge on any atom is 0.261 e. The molecule has 1 aliphatic heterocycles. The minimum Gasteiger partial charge on any atom is -0.313 e. The Bertz CT molecular complexity index is 988. The molecule has 0 saturated heterocycles. The highest BCUT2D eigenvalue weighted by atomic mass is 16.2. The summed E-state index contributed by atoms with van der Waals surface area (Å²) in [7, 11) is 0. The van der Waals surface area contributed by atoms with Gasteiger partial charge in [-0.05, 0) is 44.0 Å². The molecule has 0 saturated carbocycles. The van der Waals surface area contributed by atoms with E-state index in [9.17, 15) is 9.59 Å². The van der Waals surface area contributed by atoms with Crippen molar-refractivity contribution in [2.45, 2.75) is 26.3 Å². The van der Waals surface area contributed by atoms with Crippen molar-refractivity contribution in [1.29, 1.82) is 0 Å². The molecular weight excluding hydrogens is 364 g/mol. The predicted octanol–water partition coefficient (Wildman–Crippen LogP) is 3.55. The molecule has 6 nitrogen and oxygen atoms in total. The molecule has 1 aromatic heterocycles. The lowest BCUT2D eigenvalue weighted by atomic mass is 10.1. The summed E-state index contributed by atoms with van der Waals surface area (Å²) in [5.41, 5.74) is 5.53. The van der Waals surface area contributed by atoms with Gasteiger partial charge < -0.3 is 5.32 Å². The smallest absolute Gasteiger partial charge is 0.261 e. The maximum absolute atomic E-state index is 12.4. The van der Waals surface area contributed by atoms with Crippen molar-refractivity contribution in [2.75, 3.05) is 13.1 Å². The average Bonchev–Trinajstić information content (AvgIpc) is 3.30. The normalized spacial score (nSPS) is 13.2. The van der Waals surface area contributed by atoms with Crippen LogP contribution in [0, 0.1) is 6.92 Å². The largest absolute Gasteiger partial charge is 0.313 e. The van der Waals surface area contributed by atoms with Crippen molar-refractivity contribution >= 4 is 11.8 Å². The molecule has 6 heteroatoms. The third-order valence-corrected chi connectivity index (χ3v) is 5.24. The average molecular weight is 388 g/mol. The Morgan fingerprint density at radius 1 is 0.966 bits per heavy atom. The van der Waals surface area contributed by atoms with E-state index in [4.69, 9.17) is 0 Å². The number of carbonyl (C=O) groups excluding carboxylic acids is 2. The maximum atomic E-state index is 12.4. The first-order valence-corrected chi connectivity index (χ1v) is 9.90. The van der Waals surface area contributed by atoms with Crippen LogP contribution in [-0.4, -0.2) is 40.0 Å². The predicted molar refractivity (Wildman–Crippen MR) is 112 cm³/mol. The Labute approximate surface area is 169 Å². The third kappa shape index (κ3) is 3.98. The van der Waals surface area contributed by atoms with Crippen LogP contribution in [0.3, 0.4) is 0 Å². The third-order valence-electron chi connectivity index (χ3n) is 5.24. The molecule has 0 spiro atoms. The van der Waals surface area contributed by atoms with Crippen LogP contribution in [-0.2, 0) is 6.54 Å². The summed E-state index contributed by atoms with van der Waals surface area (Å²) in [4.78, 5) is 26.1. The van der Waals surface area contributed by atoms with Gasteiger partial charge in [0.1, 0.15) is 0 Å². The van der Waals surface area contributed by atoms with Gasteiger partial charge in [-0.3, -0.25) is 19.6 Å². The Hall–Kier alpha value is -3.25. The fourth-order valence-electron chi connectivity index (χ4n) is 3.60. The highest BCUT2D eigenvalue weighted by Crippen LogP contribution is 2.23. The van der Waals surface area contributed by atoms with E-state index in [1.807, 2.05) is 6.20 Å². The number of hydrogen-bond donors (Lipinski definition) is 2. The second kappa shape index (κ2) is 8.41. The molecule has 4 rings (SSSR count). The van der Waals surface area contributed by atoms with Gasteiger partial charge >= 0.3 is 0 Å². The molecule has 0 aliphatic carbocycles. The fourth-order valence-corrected chi connectivity index (χ4v) is 3.60. The van der Waals surface area contributed by atoms with Gasteiger partial charge in [0.15, 0.2) is 0 Å². The van der Waals surface area contributed by atoms with E-state index in [-0.39, 0.29) is 11.8 Å². The van der Waals surface area contributed by atoms with Gasteiger partial charge in [-0.1, -0.05) is 42.0 Å². The Kier molecular flexibility index (Phi) is 5.53. The topological polar surface area (TPSA) is 78.1 Å². The van der Waals surface area contributed by atoms with E-state index in [0.29, 0.717) is 24.2 Å². The number of aromatic amines is 1. The zero-order valence-electron chi connectivity index (χ0n) is 16.4. The first-order valence-electron chi connectivity index (χ1n) is 9.90. The van der Waals surface area contributed by atoms with Crippen LogP contribution in [0.15, 0.2) is 54.7 Å². The van der Waals surface area contributed by atoms with Crippen LogP contribution in [0.1, 0.15) is 44.7 Å². The van der Waals surface area contributed by atoms with E-state index >= 15 is 0 Å². The lowest BCUT2D eigenvalue weighted by molar-refractivity contribution is 0.0651. The van der Waals surface area contributed by atoms with Crippen LogP contribution in [0.25, 0.3) is 11.3 Å². The summed E-state index contributed by atoms with van der Waals surface area (Å²) in [6, 6.07) is 15.4. The van der Waals surface area contributed by atoms with Crippen LogP contribution < -0.4 is 5.32 Å². The number of nitrogens with one attached hydrogen (secondary N) is 2. The molecule has 0 radical (unpaired) electrons. The van der Waals surface area contributed by atoms with E-state index < -0.39 is 0 Å². The van der Waals surface area contributed by atoms with Crippen LogP contribution in [0.5, 0.6) is 0 Å². The van der Waals surface area contributed by atoms with E-state index in [2.05, 4.69) is 46.7 Å². The minimum atomic E-state index is -0.181. The number of amides is 2. The Morgan fingerprint density at radius 2 is 1.66 bits per heavy atom. The van der Waals surface area contributed by atoms with Crippen molar-refractivity contribution < 1.29 is 9.59 Å². The molecular formula is C23H24N4O2. The van der Waals surface area contributed by atoms with Crippen molar-refractivity contribution in [2.24, 2.45) is 0 Å². The molecule has 2 aromatic carbocycles. The highest BCUT2D eigenvalue weighted by molar-refractivity contribution is 6.21. The number of rotatable bonds is 8. The second-order valence-electron chi connectivity index (χ2n) is 7.33. The Morgan fingerprint density at radius 3 is 2.34 bits per heavy atom. The second-order valence-corrected chi connectivity index (χ2v) is 7.33. The van der Waals surface area contributed by atoms with Crippen molar-refractivity contribution in [3.05, 3.63) is 77.0 Å². The van der Waals surface area contributed by atoms with Gasteiger partial charge in [0.25, 0.3) is 11.8 Å². The van der Waals surface area contributed by atoms with Gasteiger partial charge in [0, 0.05) is 18.7 Å². The summed E-state index contributed by atoms with van der Waals surface area (Å²) < 4.78 is 0. The summed E-state index contributed by atoms with van der Waals surface area (Å²) in [5, 5.41) is 10.7. The fraction of sp³-hybridized carbons (Fsp3) is 0.261. The molecule has 0 bridgehead atoms. The lowest BCUT2D eigenvalue weighted by Crippen LogP contribution is -2.31. The van der Waals surface area contributed by atoms with Gasteiger partial charge in [-0.15, -0.1) is 0 Å². The summed E-state index contributed by atoms with van der Waals surface area (Å²) >= 11 is 0. The van der Waals surface area contributed by atoms with Crippen molar-refractivity contribution in [3.63, 3.8) is 0 Å². The van der Waals surface area contributed by atoms with E-state index in [0.717, 1.165) is 36.2 Å². The number of benzene rings is 2. The standard InChI is InChI=1S/C23H24N4O2/c1-16-8-10-17(11-9-16)21-18(15-25-26-21)14-24-12-4-5-13-27-22(28)19-6-2-3-7-20(19)23(27)29/h2-3,6-11,15,24H,4-5,12-14H2,1H3,(H,25,26). The van der Waals surface area contributed by atoms with Gasteiger partial charge in [0.05, 0.1) is 23.0 Å². The molecule has 0 unspecified atom stereocenters. The molecule has 2 heterocycles. The number of nitrogens with zero attached hydrogens (tertiary/aromatic N) is 2. The quantitative estimate of drug-likeness (QED) is 0.457. The van der Waals surface area contributed by atoms with Crippen LogP contribution >= 0.6 is 0 Å². The number of aromatic nitrogens is 2. The molecule has 1 aliphatic rings. The number of H-pyrrole nitrogens is 1. The molecule has 0 fully saturated rings. The molecule has 29 heavy (non-hydrogen) atoms. The van der Waals surface area contributed by atoms with Gasteiger partial charge in [-0.25, -0.2) is 0 Å². The van der Waals surface area contributed by atoms with Crippen molar-refractivity contribution in [1.82, 2.24) is 20.4 Å². The lowest BCUT2D eigenvalue weighted by Gasteiger charge is -2.13. The molecule has 0 atom stereocenters. The van der Waals surface area contributed by atoms with Crippen LogP contribution in [0.2, 0.25) is 0 Å². The van der Waals surface area contributed by atoms with E-state index in [1.54, 1.807) is 24.3 Å². The number of unbranched alkanes of at least 4 members (excludes halogenated alkanes) is 1. The molecule has 2 amide bonds. The molecule has 2 N–H and O–H groups in total. The Balaban J connectivity index is 1.23. The molecule has 148 valence electrons. The first kappa shape index (κ1) is 19.1. The summed E-state index contributed by atoms with van der Waals surface area (Å²) in [5.74, 6) is -0.362. The van der Waals surface area contributed by atoms with E-state index in [1.165, 1.54) is 10.5 Å². The number of hydrogen-bond acceptors (Lipinski definition) is 4. The number of imide groups is 1. The summed E-state index contributed by atoms with van der Waals surface area (Å²) in [6.45, 7) is 4.05. The number of aryl methyl sites for hydroxylation is 1. The number of fused-ring (bicyclic) bond motifs is 1. The minimum absolute atomic E-state index is 0.181. The van der Waals surface area contributed by atoms with Gasteiger partial charge in [0.2, 0.25) is 0 Å². The SMILES string of the molecule is Cc1ccc(-c2[nH]ncc2CNCCCCN2C(=O)c3ccccc3C2=O)cc1. The van der Waals surface area contributed by atoms with Crippen LogP contribution in [0.4, 0.5) is 0 Å². The summed E-state index contributed by atoms with van der Waals surface area (Å²) in [6.07, 6.45) is 3.50. The zero-order valence-corrected chi connectivity index (χ0v) is 16.4. The highest BCUT2D eigenvalue weighted by Gasteiger charge is 2.34. The van der Waals surface area contributed by atoms with Crippen molar-refractivity contribution in [3.8, 4) is 11.3 Å².